The fraction of sp³-hybridized carbons (Fsp3) is 0.500. The lowest BCUT2D eigenvalue weighted by Crippen LogP contribution is -2.28. The van der Waals surface area contributed by atoms with E-state index >= 15 is 0 Å². The molecule has 0 aromatic carbocycles. The maximum atomic E-state index is 6.37. The molecule has 0 bridgehead atoms. The van der Waals surface area contributed by atoms with Gasteiger partial charge in [-0.05, 0) is 30.9 Å². The lowest BCUT2D eigenvalue weighted by atomic mass is 9.85. The maximum absolute atomic E-state index is 6.37. The van der Waals surface area contributed by atoms with E-state index in [-0.39, 0.29) is 11.5 Å². The number of aryl methyl sites for hydroxylation is 2. The van der Waals surface area contributed by atoms with Gasteiger partial charge >= 0.3 is 0 Å². The minimum atomic E-state index is -0.0145. The van der Waals surface area contributed by atoms with E-state index < -0.39 is 0 Å². The van der Waals surface area contributed by atoms with E-state index in [4.69, 9.17) is 5.73 Å². The van der Waals surface area contributed by atoms with Gasteiger partial charge in [-0.25, -0.2) is 4.98 Å². The minimum Gasteiger partial charge on any atom is -0.322 e. The largest absolute Gasteiger partial charge is 0.322 e. The van der Waals surface area contributed by atoms with E-state index in [0.29, 0.717) is 0 Å². The van der Waals surface area contributed by atoms with Crippen LogP contribution in [0, 0.1) is 19.3 Å². The topological polar surface area (TPSA) is 43.3 Å². The lowest BCUT2D eigenvalue weighted by molar-refractivity contribution is 0.319. The Bertz CT molecular complexity index is 546. The summed E-state index contributed by atoms with van der Waals surface area (Å²) in [6, 6.07) is 4.11. The van der Waals surface area contributed by atoms with Gasteiger partial charge in [-0.15, -0.1) is 0 Å². The van der Waals surface area contributed by atoms with E-state index in [1.807, 2.05) is 13.0 Å². The summed E-state index contributed by atoms with van der Waals surface area (Å²) in [5.74, 6) is 0. The van der Waals surface area contributed by atoms with E-state index in [1.54, 1.807) is 0 Å². The Hall–Kier alpha value is -1.35. The number of rotatable bonds is 1. The van der Waals surface area contributed by atoms with Crippen LogP contribution in [-0.4, -0.2) is 9.38 Å². The van der Waals surface area contributed by atoms with Gasteiger partial charge in [-0.3, -0.25) is 0 Å². The van der Waals surface area contributed by atoms with Crippen molar-refractivity contribution in [3.8, 4) is 0 Å². The van der Waals surface area contributed by atoms with Crippen molar-refractivity contribution in [3.63, 3.8) is 0 Å². The second-order valence-electron chi connectivity index (χ2n) is 5.86. The zero-order valence-corrected chi connectivity index (χ0v) is 11.3. The third-order valence-electron chi connectivity index (χ3n) is 3.21. The molecule has 0 fully saturated rings. The van der Waals surface area contributed by atoms with Gasteiger partial charge in [0, 0.05) is 6.20 Å². The third-order valence-corrected chi connectivity index (χ3v) is 3.21. The molecule has 0 saturated carbocycles. The third kappa shape index (κ3) is 2.07. The summed E-state index contributed by atoms with van der Waals surface area (Å²) in [6.07, 6.45) is 2.11. The lowest BCUT2D eigenvalue weighted by Gasteiger charge is -2.27. The van der Waals surface area contributed by atoms with Crippen molar-refractivity contribution < 1.29 is 0 Å². The van der Waals surface area contributed by atoms with Crippen molar-refractivity contribution >= 4 is 5.65 Å². The number of imidazole rings is 1. The molecule has 92 valence electrons. The van der Waals surface area contributed by atoms with Crippen LogP contribution in [0.4, 0.5) is 0 Å². The fourth-order valence-electron chi connectivity index (χ4n) is 2.07. The molecule has 0 aliphatic heterocycles. The molecule has 2 heterocycles. The maximum Gasteiger partial charge on any atom is 0.137 e. The summed E-state index contributed by atoms with van der Waals surface area (Å²) in [4.78, 5) is 4.57. The molecular formula is C14H21N3. The van der Waals surface area contributed by atoms with Crippen LogP contribution in [0.3, 0.4) is 0 Å². The first-order chi connectivity index (χ1) is 7.80. The van der Waals surface area contributed by atoms with E-state index in [9.17, 15) is 0 Å². The molecule has 2 aromatic rings. The zero-order chi connectivity index (χ0) is 12.8. The van der Waals surface area contributed by atoms with Gasteiger partial charge in [0.05, 0.1) is 17.4 Å². The Balaban J connectivity index is 2.68. The Morgan fingerprint density at radius 3 is 2.47 bits per heavy atom. The van der Waals surface area contributed by atoms with Crippen molar-refractivity contribution in [2.75, 3.05) is 0 Å². The van der Waals surface area contributed by atoms with Gasteiger partial charge in [0.2, 0.25) is 0 Å². The normalized spacial score (nSPS) is 14.2. The van der Waals surface area contributed by atoms with E-state index in [2.05, 4.69) is 49.3 Å². The molecule has 0 amide bonds. The predicted molar refractivity (Wildman–Crippen MR) is 71.0 cm³/mol. The van der Waals surface area contributed by atoms with Crippen LogP contribution >= 0.6 is 0 Å². The van der Waals surface area contributed by atoms with Crippen LogP contribution in [-0.2, 0) is 0 Å². The molecule has 0 aliphatic carbocycles. The summed E-state index contributed by atoms with van der Waals surface area (Å²) < 4.78 is 2.13. The molecule has 1 unspecified atom stereocenters. The van der Waals surface area contributed by atoms with E-state index in [1.165, 1.54) is 5.56 Å². The molecule has 1 atom stereocenters. The Morgan fingerprint density at radius 1 is 1.24 bits per heavy atom. The molecule has 0 radical (unpaired) electrons. The number of aromatic nitrogens is 2. The molecule has 0 spiro atoms. The van der Waals surface area contributed by atoms with E-state index in [0.717, 1.165) is 17.0 Å². The van der Waals surface area contributed by atoms with Crippen LogP contribution < -0.4 is 5.73 Å². The molecule has 0 aliphatic rings. The first kappa shape index (κ1) is 12.1. The standard InChI is InChI=1S/C14H21N3/c1-9-6-7-11-16-10(2)12(17(11)8-9)13(15)14(3,4)5/h6-8,13H,15H2,1-5H3. The number of fused-ring (bicyclic) bond motifs is 1. The smallest absolute Gasteiger partial charge is 0.137 e. The second-order valence-corrected chi connectivity index (χ2v) is 5.86. The molecule has 2 N–H and O–H groups in total. The number of hydrogen-bond donors (Lipinski definition) is 1. The molecular weight excluding hydrogens is 210 g/mol. The highest BCUT2D eigenvalue weighted by atomic mass is 15.0. The molecule has 3 nitrogen and oxygen atoms in total. The van der Waals surface area contributed by atoms with Crippen molar-refractivity contribution in [2.24, 2.45) is 11.1 Å². The van der Waals surface area contributed by atoms with Crippen LogP contribution in [0.5, 0.6) is 0 Å². The Morgan fingerprint density at radius 2 is 1.88 bits per heavy atom. The Kier molecular flexibility index (Phi) is 2.74. The van der Waals surface area contributed by atoms with Crippen LogP contribution in [0.25, 0.3) is 5.65 Å². The van der Waals surface area contributed by atoms with Crippen molar-refractivity contribution in [3.05, 3.63) is 35.3 Å². The van der Waals surface area contributed by atoms with Gasteiger partial charge in [0.1, 0.15) is 5.65 Å². The monoisotopic (exact) mass is 231 g/mol. The molecule has 0 saturated heterocycles. The predicted octanol–water partition coefficient (Wildman–Crippen LogP) is 3.00. The molecule has 17 heavy (non-hydrogen) atoms. The summed E-state index contributed by atoms with van der Waals surface area (Å²) >= 11 is 0. The summed E-state index contributed by atoms with van der Waals surface area (Å²) in [5.41, 5.74) is 10.7. The first-order valence-electron chi connectivity index (χ1n) is 6.01. The summed E-state index contributed by atoms with van der Waals surface area (Å²) in [6.45, 7) is 10.6. The van der Waals surface area contributed by atoms with Gasteiger partial charge in [0.25, 0.3) is 0 Å². The van der Waals surface area contributed by atoms with Gasteiger partial charge in [0.15, 0.2) is 0 Å². The van der Waals surface area contributed by atoms with Crippen molar-refractivity contribution in [1.29, 1.82) is 0 Å². The number of nitrogens with zero attached hydrogens (tertiary/aromatic N) is 2. The molecule has 2 rings (SSSR count). The highest BCUT2D eigenvalue weighted by Crippen LogP contribution is 2.32. The zero-order valence-electron chi connectivity index (χ0n) is 11.3. The van der Waals surface area contributed by atoms with Gasteiger partial charge < -0.3 is 10.1 Å². The Labute approximate surface area is 103 Å². The fourth-order valence-corrected chi connectivity index (χ4v) is 2.07. The number of hydrogen-bond acceptors (Lipinski definition) is 2. The highest BCUT2D eigenvalue weighted by Gasteiger charge is 2.27. The van der Waals surface area contributed by atoms with Crippen molar-refractivity contribution in [1.82, 2.24) is 9.38 Å². The highest BCUT2D eigenvalue weighted by molar-refractivity contribution is 5.45. The molecule has 2 aromatic heterocycles. The SMILES string of the molecule is Cc1ccc2nc(C)c(C(N)C(C)(C)C)n2c1. The average molecular weight is 231 g/mol. The molecule has 3 heteroatoms. The second kappa shape index (κ2) is 3.84. The minimum absolute atomic E-state index is 0.0145. The number of nitrogens with two attached hydrogens (primary N) is 1. The van der Waals surface area contributed by atoms with Crippen LogP contribution in [0.2, 0.25) is 0 Å². The van der Waals surface area contributed by atoms with Crippen LogP contribution in [0.15, 0.2) is 18.3 Å². The summed E-state index contributed by atoms with van der Waals surface area (Å²) in [7, 11) is 0. The van der Waals surface area contributed by atoms with Crippen LogP contribution in [0.1, 0.15) is 43.8 Å². The first-order valence-corrected chi connectivity index (χ1v) is 6.01. The summed E-state index contributed by atoms with van der Waals surface area (Å²) in [5, 5.41) is 0. The average Bonchev–Trinajstić information content (AvgIpc) is 2.51. The quantitative estimate of drug-likeness (QED) is 0.820. The van der Waals surface area contributed by atoms with Gasteiger partial charge in [-0.2, -0.15) is 0 Å². The number of pyridine rings is 1. The van der Waals surface area contributed by atoms with Gasteiger partial charge in [-0.1, -0.05) is 26.8 Å². The van der Waals surface area contributed by atoms with Crippen molar-refractivity contribution in [2.45, 2.75) is 40.7 Å².